The Balaban J connectivity index is 1.47. The largest absolute Gasteiger partial charge is 0.465 e. The topological polar surface area (TPSA) is 145 Å². The maximum atomic E-state index is 13.7. The molecule has 2 saturated heterocycles. The van der Waals surface area contributed by atoms with Crippen LogP contribution < -0.4 is 5.32 Å². The van der Waals surface area contributed by atoms with Crippen LogP contribution in [0.15, 0.2) is 57.9 Å². The lowest BCUT2D eigenvalue weighted by Gasteiger charge is -2.25. The van der Waals surface area contributed by atoms with E-state index in [0.29, 0.717) is 43.7 Å². The molecule has 2 aliphatic heterocycles. The third-order valence-corrected chi connectivity index (χ3v) is 8.00. The Morgan fingerprint density at radius 2 is 1.75 bits per heavy atom. The summed E-state index contributed by atoms with van der Waals surface area (Å²) in [6.07, 6.45) is 3.75. The standard InChI is InChI=1S/C33H35N5O6/c1-21-17-24-18-25(12-13-28(24)44-21)35-31(26(19-34)30(40)22-8-10-23(11-9-22)33(42)43-2)36-27-7-3-4-16-38(32(27)41)20-29(39)37-14-5-6-15-37/h8-13,17-18,26-27H,3-7,14-16,20H2,1-2H3,(H,35,36)/t26?,27-/m0/s1. The van der Waals surface area contributed by atoms with Gasteiger partial charge in [-0.15, -0.1) is 0 Å². The van der Waals surface area contributed by atoms with Crippen LogP contribution in [0.4, 0.5) is 5.69 Å². The van der Waals surface area contributed by atoms with Crippen molar-refractivity contribution in [3.05, 3.63) is 65.4 Å². The summed E-state index contributed by atoms with van der Waals surface area (Å²) in [5.41, 5.74) is 1.71. The van der Waals surface area contributed by atoms with Crippen molar-refractivity contribution in [3.63, 3.8) is 0 Å². The van der Waals surface area contributed by atoms with Crippen LogP contribution in [0.5, 0.6) is 0 Å². The van der Waals surface area contributed by atoms with Crippen LogP contribution in [0.3, 0.4) is 0 Å². The third kappa shape index (κ3) is 6.80. The molecule has 11 heteroatoms. The van der Waals surface area contributed by atoms with Gasteiger partial charge >= 0.3 is 5.97 Å². The van der Waals surface area contributed by atoms with Gasteiger partial charge in [-0.1, -0.05) is 12.1 Å². The van der Waals surface area contributed by atoms with Gasteiger partial charge in [-0.05, 0) is 75.4 Å². The number of amides is 2. The number of ketones is 1. The molecule has 1 unspecified atom stereocenters. The summed E-state index contributed by atoms with van der Waals surface area (Å²) in [6.45, 7) is 3.66. The minimum absolute atomic E-state index is 0.0166. The van der Waals surface area contributed by atoms with Gasteiger partial charge in [-0.25, -0.2) is 4.79 Å². The molecule has 1 aromatic heterocycles. The number of nitriles is 1. The van der Waals surface area contributed by atoms with Crippen molar-refractivity contribution in [2.75, 3.05) is 38.6 Å². The smallest absolute Gasteiger partial charge is 0.337 e. The number of ether oxygens (including phenoxy) is 1. The molecular weight excluding hydrogens is 562 g/mol. The van der Waals surface area contributed by atoms with Gasteiger partial charge in [0.15, 0.2) is 11.7 Å². The number of esters is 1. The highest BCUT2D eigenvalue weighted by Crippen LogP contribution is 2.25. The second kappa shape index (κ2) is 13.5. The molecule has 0 bridgehead atoms. The highest BCUT2D eigenvalue weighted by Gasteiger charge is 2.33. The molecule has 2 fully saturated rings. The number of aryl methyl sites for hydroxylation is 1. The van der Waals surface area contributed by atoms with E-state index >= 15 is 0 Å². The summed E-state index contributed by atoms with van der Waals surface area (Å²) < 4.78 is 10.4. The van der Waals surface area contributed by atoms with Gasteiger partial charge in [-0.2, -0.15) is 5.26 Å². The van der Waals surface area contributed by atoms with Gasteiger partial charge in [0.2, 0.25) is 11.8 Å². The normalized spacial score (nSPS) is 18.1. The zero-order chi connectivity index (χ0) is 31.2. The lowest BCUT2D eigenvalue weighted by molar-refractivity contribution is -0.140. The molecule has 11 nitrogen and oxygen atoms in total. The zero-order valence-electron chi connectivity index (χ0n) is 24.9. The van der Waals surface area contributed by atoms with E-state index in [4.69, 9.17) is 14.1 Å². The van der Waals surface area contributed by atoms with Crippen LogP contribution in [-0.2, 0) is 14.3 Å². The van der Waals surface area contributed by atoms with Gasteiger partial charge in [-0.3, -0.25) is 19.4 Å². The fraction of sp³-hybridized carbons (Fsp3) is 0.394. The average molecular weight is 598 g/mol. The molecule has 0 spiro atoms. The van der Waals surface area contributed by atoms with Crippen molar-refractivity contribution in [3.8, 4) is 6.07 Å². The first-order valence-corrected chi connectivity index (χ1v) is 14.8. The summed E-state index contributed by atoms with van der Waals surface area (Å²) in [5, 5.41) is 14.3. The SMILES string of the molecule is COC(=O)c1ccc(C(=O)C(C#N)C(=N[C@H]2CCCCN(CC(=O)N3CCCC3)C2=O)Nc2ccc3oc(C)cc3c2)cc1. The Morgan fingerprint density at radius 3 is 2.45 bits per heavy atom. The molecule has 3 heterocycles. The van der Waals surface area contributed by atoms with Crippen molar-refractivity contribution < 1.29 is 28.3 Å². The molecule has 5 rings (SSSR count). The fourth-order valence-electron chi connectivity index (χ4n) is 5.64. The average Bonchev–Trinajstić information content (AvgIpc) is 3.67. The third-order valence-electron chi connectivity index (χ3n) is 8.00. The number of nitrogens with zero attached hydrogens (tertiary/aromatic N) is 4. The van der Waals surface area contributed by atoms with Gasteiger partial charge in [0, 0.05) is 36.3 Å². The molecule has 44 heavy (non-hydrogen) atoms. The zero-order valence-corrected chi connectivity index (χ0v) is 24.9. The highest BCUT2D eigenvalue weighted by molar-refractivity contribution is 6.18. The number of nitrogens with one attached hydrogen (secondary N) is 1. The number of hydrogen-bond donors (Lipinski definition) is 1. The highest BCUT2D eigenvalue weighted by atomic mass is 16.5. The van der Waals surface area contributed by atoms with Gasteiger partial charge in [0.05, 0.1) is 25.3 Å². The predicted octanol–water partition coefficient (Wildman–Crippen LogP) is 4.36. The Hall–Kier alpha value is -4.98. The summed E-state index contributed by atoms with van der Waals surface area (Å²) in [7, 11) is 1.27. The van der Waals surface area contributed by atoms with E-state index in [-0.39, 0.29) is 35.3 Å². The monoisotopic (exact) mass is 597 g/mol. The van der Waals surface area contributed by atoms with Crippen LogP contribution in [-0.4, -0.2) is 78.5 Å². The summed E-state index contributed by atoms with van der Waals surface area (Å²) in [4.78, 5) is 60.3. The van der Waals surface area contributed by atoms with Gasteiger partial charge in [0.1, 0.15) is 23.2 Å². The van der Waals surface area contributed by atoms with E-state index in [2.05, 4.69) is 11.4 Å². The molecule has 1 N–H and O–H groups in total. The maximum absolute atomic E-state index is 13.7. The predicted molar refractivity (Wildman–Crippen MR) is 163 cm³/mol. The number of methoxy groups -OCH3 is 1. The number of fused-ring (bicyclic) bond motifs is 1. The van der Waals surface area contributed by atoms with Crippen LogP contribution >= 0.6 is 0 Å². The Morgan fingerprint density at radius 1 is 1.05 bits per heavy atom. The first-order valence-electron chi connectivity index (χ1n) is 14.8. The molecule has 2 aromatic carbocycles. The molecule has 0 aliphatic carbocycles. The quantitative estimate of drug-likeness (QED) is 0.174. The Labute approximate surface area is 255 Å². The number of amidine groups is 1. The van der Waals surface area contributed by atoms with Crippen molar-refractivity contribution in [1.82, 2.24) is 9.80 Å². The number of hydrogen-bond acceptors (Lipinski definition) is 8. The summed E-state index contributed by atoms with van der Waals surface area (Å²) >= 11 is 0. The number of benzene rings is 2. The number of anilines is 1. The van der Waals surface area contributed by atoms with E-state index in [1.165, 1.54) is 31.4 Å². The minimum Gasteiger partial charge on any atom is -0.465 e. The van der Waals surface area contributed by atoms with E-state index in [0.717, 1.165) is 30.4 Å². The molecule has 0 radical (unpaired) electrons. The van der Waals surface area contributed by atoms with Crippen molar-refractivity contribution in [2.45, 2.75) is 45.1 Å². The van der Waals surface area contributed by atoms with Crippen molar-refractivity contribution in [2.24, 2.45) is 10.9 Å². The van der Waals surface area contributed by atoms with E-state index in [1.54, 1.807) is 21.9 Å². The molecule has 2 aliphatic rings. The van der Waals surface area contributed by atoms with E-state index < -0.39 is 23.7 Å². The summed E-state index contributed by atoms with van der Waals surface area (Å²) in [5.74, 6) is -2.09. The van der Waals surface area contributed by atoms with Crippen LogP contribution in [0.25, 0.3) is 11.0 Å². The van der Waals surface area contributed by atoms with Crippen LogP contribution in [0.2, 0.25) is 0 Å². The number of carbonyl (C=O) groups excluding carboxylic acids is 4. The second-order valence-corrected chi connectivity index (χ2v) is 11.1. The molecule has 0 saturated carbocycles. The number of aliphatic imine (C=N–C) groups is 1. The Bertz CT molecular complexity index is 1630. The van der Waals surface area contributed by atoms with Crippen LogP contribution in [0.1, 0.15) is 58.6 Å². The number of likely N-dealkylation sites (tertiary alicyclic amines) is 2. The fourth-order valence-corrected chi connectivity index (χ4v) is 5.64. The van der Waals surface area contributed by atoms with E-state index in [1.807, 2.05) is 19.1 Å². The van der Waals surface area contributed by atoms with E-state index in [9.17, 15) is 24.4 Å². The summed E-state index contributed by atoms with van der Waals surface area (Å²) in [6, 6.07) is 14.2. The minimum atomic E-state index is -1.38. The number of furan rings is 1. The van der Waals surface area contributed by atoms with Crippen molar-refractivity contribution in [1.29, 1.82) is 5.26 Å². The maximum Gasteiger partial charge on any atom is 0.337 e. The first kappa shape index (κ1) is 30.5. The van der Waals surface area contributed by atoms with Crippen molar-refractivity contribution >= 4 is 46.1 Å². The first-order chi connectivity index (χ1) is 21.3. The van der Waals surface area contributed by atoms with Crippen LogP contribution in [0, 0.1) is 24.2 Å². The molecule has 2 amide bonds. The lowest BCUT2D eigenvalue weighted by Crippen LogP contribution is -2.45. The van der Waals surface area contributed by atoms with Gasteiger partial charge in [0.25, 0.3) is 0 Å². The molecule has 228 valence electrons. The number of rotatable bonds is 8. The lowest BCUT2D eigenvalue weighted by atomic mass is 9.96. The van der Waals surface area contributed by atoms with Gasteiger partial charge < -0.3 is 24.3 Å². The molecule has 3 aromatic rings. The Kier molecular flexibility index (Phi) is 9.38. The number of Topliss-reactive ketones (excluding diaryl/α,β-unsaturated/α-hetero) is 1. The number of carbonyl (C=O) groups is 4. The molecular formula is C33H35N5O6. The second-order valence-electron chi connectivity index (χ2n) is 11.1. The molecule has 2 atom stereocenters.